The standard InChI is InChI=1S/C17H32N2O4.Li/c1-3-5-7-15(20)13-18-10-12-19(11-9-17(22)23)14-16(21)8-6-4-2;/h7-8,18,20-21H,3-6,9-14H2,1-2H3,(H,22,23);/q;+1/p-1/b15-7-,16-8-;. The minimum absolute atomic E-state index is 0. The van der Waals surface area contributed by atoms with E-state index in [1.54, 1.807) is 12.2 Å². The Morgan fingerprint density at radius 1 is 1.12 bits per heavy atom. The number of carboxylic acids is 1. The fourth-order valence-electron chi connectivity index (χ4n) is 1.95. The van der Waals surface area contributed by atoms with Gasteiger partial charge in [-0.2, -0.15) is 0 Å². The summed E-state index contributed by atoms with van der Waals surface area (Å²) in [5, 5.41) is 33.2. The van der Waals surface area contributed by atoms with E-state index in [4.69, 9.17) is 5.11 Å². The van der Waals surface area contributed by atoms with Crippen molar-refractivity contribution in [3.05, 3.63) is 23.7 Å². The van der Waals surface area contributed by atoms with Gasteiger partial charge >= 0.3 is 24.8 Å². The zero-order chi connectivity index (χ0) is 17.5. The van der Waals surface area contributed by atoms with Gasteiger partial charge in [-0.15, -0.1) is 5.76 Å². The first-order valence-electron chi connectivity index (χ1n) is 8.38. The summed E-state index contributed by atoms with van der Waals surface area (Å²) >= 11 is 0. The maximum atomic E-state index is 11.5. The third-order valence-corrected chi connectivity index (χ3v) is 3.26. The molecule has 0 aliphatic carbocycles. The van der Waals surface area contributed by atoms with Gasteiger partial charge in [-0.05, 0) is 18.9 Å². The van der Waals surface area contributed by atoms with E-state index >= 15 is 0 Å². The molecule has 0 saturated heterocycles. The normalized spacial score (nSPS) is 12.3. The van der Waals surface area contributed by atoms with Gasteiger partial charge in [0, 0.05) is 26.2 Å². The number of nitrogens with one attached hydrogen (secondary N) is 1. The number of carboxylic acid groups (broad SMARTS) is 1. The van der Waals surface area contributed by atoms with Crippen molar-refractivity contribution in [3.8, 4) is 0 Å². The first kappa shape index (κ1) is 25.3. The minimum Gasteiger partial charge on any atom is -0.875 e. The number of nitrogens with zero attached hydrogens (tertiary/aromatic N) is 1. The Hall–Kier alpha value is -0.933. The summed E-state index contributed by atoms with van der Waals surface area (Å²) in [6.07, 6.45) is 7.00. The average Bonchev–Trinajstić information content (AvgIpc) is 2.52. The van der Waals surface area contributed by atoms with Crippen LogP contribution >= 0.6 is 0 Å². The monoisotopic (exact) mass is 334 g/mol. The predicted molar refractivity (Wildman–Crippen MR) is 90.2 cm³/mol. The van der Waals surface area contributed by atoms with E-state index in [0.29, 0.717) is 32.7 Å². The number of carbonyl (C=O) groups is 1. The molecule has 0 aromatic carbocycles. The Labute approximate surface area is 157 Å². The largest absolute Gasteiger partial charge is 1.00 e. The van der Waals surface area contributed by atoms with Gasteiger partial charge in [-0.25, -0.2) is 0 Å². The first-order valence-corrected chi connectivity index (χ1v) is 8.38. The molecule has 7 heteroatoms. The molecule has 0 bridgehead atoms. The summed E-state index contributed by atoms with van der Waals surface area (Å²) in [5.74, 6) is -0.511. The summed E-state index contributed by atoms with van der Waals surface area (Å²) in [4.78, 5) is 12.6. The molecule has 0 aliphatic rings. The van der Waals surface area contributed by atoms with Crippen molar-refractivity contribution < 1.29 is 39.0 Å². The molecule has 0 unspecified atom stereocenters. The van der Waals surface area contributed by atoms with Crippen molar-refractivity contribution in [1.29, 1.82) is 0 Å². The summed E-state index contributed by atoms with van der Waals surface area (Å²) in [5.41, 5.74) is 0. The van der Waals surface area contributed by atoms with Crippen LogP contribution in [-0.4, -0.2) is 53.8 Å². The quantitative estimate of drug-likeness (QED) is 0.206. The molecule has 0 radical (unpaired) electrons. The Kier molecular flexibility index (Phi) is 17.8. The SMILES string of the molecule is CCC/C=C(\[O-])CNCCN(CCC(=O)O)C/C(O)=C/CCC.[Li+]. The van der Waals surface area contributed by atoms with Crippen molar-refractivity contribution in [2.75, 3.05) is 32.7 Å². The summed E-state index contributed by atoms with van der Waals surface area (Å²) in [6, 6.07) is 0. The van der Waals surface area contributed by atoms with Crippen LogP contribution in [0.5, 0.6) is 0 Å². The Morgan fingerprint density at radius 3 is 2.33 bits per heavy atom. The zero-order valence-corrected chi connectivity index (χ0v) is 15.4. The number of aliphatic hydroxyl groups is 1. The Balaban J connectivity index is 0. The molecule has 0 aliphatic heterocycles. The molecule has 0 aromatic heterocycles. The van der Waals surface area contributed by atoms with Gasteiger partial charge in [-0.1, -0.05) is 32.8 Å². The molecule has 0 amide bonds. The van der Waals surface area contributed by atoms with Crippen LogP contribution < -0.4 is 29.3 Å². The van der Waals surface area contributed by atoms with Crippen LogP contribution in [0.15, 0.2) is 23.7 Å². The molecule has 0 fully saturated rings. The number of aliphatic carboxylic acids is 1. The second-order valence-electron chi connectivity index (χ2n) is 5.54. The van der Waals surface area contributed by atoms with Gasteiger partial charge in [0.1, 0.15) is 5.76 Å². The Morgan fingerprint density at radius 2 is 1.75 bits per heavy atom. The zero-order valence-electron chi connectivity index (χ0n) is 15.4. The van der Waals surface area contributed by atoms with Gasteiger partial charge in [-0.3, -0.25) is 9.69 Å². The van der Waals surface area contributed by atoms with Crippen molar-refractivity contribution >= 4 is 5.97 Å². The van der Waals surface area contributed by atoms with Gasteiger partial charge in [0.05, 0.1) is 13.0 Å². The number of hydrogen-bond donors (Lipinski definition) is 3. The van der Waals surface area contributed by atoms with Crippen LogP contribution in [0, 0.1) is 0 Å². The third kappa shape index (κ3) is 15.9. The van der Waals surface area contributed by atoms with Crippen LogP contribution in [0.3, 0.4) is 0 Å². The fraction of sp³-hybridized carbons (Fsp3) is 0.706. The van der Waals surface area contributed by atoms with Gasteiger partial charge in [0.15, 0.2) is 0 Å². The number of hydrogen-bond acceptors (Lipinski definition) is 5. The van der Waals surface area contributed by atoms with E-state index in [2.05, 4.69) is 5.32 Å². The second kappa shape index (κ2) is 16.9. The molecule has 6 nitrogen and oxygen atoms in total. The molecular weight excluding hydrogens is 303 g/mol. The number of aliphatic hydroxyl groups excluding tert-OH is 1. The number of rotatable bonds is 14. The predicted octanol–water partition coefficient (Wildman–Crippen LogP) is -1.36. The number of unbranched alkanes of at least 4 members (excludes halogenated alkanes) is 2. The van der Waals surface area contributed by atoms with Crippen molar-refractivity contribution in [2.45, 2.75) is 46.0 Å². The fourth-order valence-corrected chi connectivity index (χ4v) is 1.95. The van der Waals surface area contributed by atoms with Gasteiger partial charge < -0.3 is 20.6 Å². The second-order valence-corrected chi connectivity index (χ2v) is 5.54. The molecule has 0 aromatic rings. The summed E-state index contributed by atoms with van der Waals surface area (Å²) < 4.78 is 0. The van der Waals surface area contributed by atoms with Crippen LogP contribution in [0.25, 0.3) is 0 Å². The molecule has 0 rings (SSSR count). The minimum atomic E-state index is -0.857. The molecule has 0 atom stereocenters. The number of allylic oxidation sites excluding steroid dienone is 2. The molecule has 134 valence electrons. The van der Waals surface area contributed by atoms with Crippen LogP contribution in [-0.2, 0) is 4.79 Å². The molecule has 24 heavy (non-hydrogen) atoms. The van der Waals surface area contributed by atoms with Crippen LogP contribution in [0.1, 0.15) is 46.0 Å². The maximum absolute atomic E-state index is 11.5. The third-order valence-electron chi connectivity index (χ3n) is 3.26. The topological polar surface area (TPSA) is 95.9 Å². The molecular formula is C17H31LiN2O4. The van der Waals surface area contributed by atoms with Crippen LogP contribution in [0.2, 0.25) is 0 Å². The van der Waals surface area contributed by atoms with E-state index in [-0.39, 0.29) is 36.8 Å². The van der Waals surface area contributed by atoms with Crippen molar-refractivity contribution in [1.82, 2.24) is 10.2 Å². The first-order chi connectivity index (χ1) is 11.0. The Bertz CT molecular complexity index is 387. The summed E-state index contributed by atoms with van der Waals surface area (Å²) in [6.45, 7) is 6.22. The van der Waals surface area contributed by atoms with E-state index < -0.39 is 5.97 Å². The smallest absolute Gasteiger partial charge is 0.875 e. The van der Waals surface area contributed by atoms with Gasteiger partial charge in [0.25, 0.3) is 0 Å². The average molecular weight is 334 g/mol. The maximum Gasteiger partial charge on any atom is 1.00 e. The molecule has 3 N–H and O–H groups in total. The van der Waals surface area contributed by atoms with Gasteiger partial charge in [0.2, 0.25) is 0 Å². The molecule has 0 saturated carbocycles. The van der Waals surface area contributed by atoms with E-state index in [0.717, 1.165) is 25.7 Å². The van der Waals surface area contributed by atoms with Crippen molar-refractivity contribution in [3.63, 3.8) is 0 Å². The summed E-state index contributed by atoms with van der Waals surface area (Å²) in [7, 11) is 0. The molecule has 0 heterocycles. The van der Waals surface area contributed by atoms with E-state index in [9.17, 15) is 15.0 Å². The van der Waals surface area contributed by atoms with Crippen molar-refractivity contribution in [2.24, 2.45) is 0 Å². The molecule has 0 spiro atoms. The van der Waals surface area contributed by atoms with E-state index in [1.165, 1.54) is 0 Å². The van der Waals surface area contributed by atoms with E-state index in [1.807, 2.05) is 18.7 Å². The van der Waals surface area contributed by atoms with Crippen LogP contribution in [0.4, 0.5) is 0 Å².